The second kappa shape index (κ2) is 4.20. The van der Waals surface area contributed by atoms with E-state index in [0.717, 1.165) is 0 Å². The molecule has 0 heterocycles. The molecule has 6 nitrogen and oxygen atoms in total. The van der Waals surface area contributed by atoms with Gasteiger partial charge in [0.05, 0.1) is 0 Å². The van der Waals surface area contributed by atoms with E-state index in [0.29, 0.717) is 0 Å². The molecule has 0 rings (SSSR count). The number of hydrogen-bond donors (Lipinski definition) is 2. The van der Waals surface area contributed by atoms with Crippen LogP contribution in [0.2, 0.25) is 0 Å². The van der Waals surface area contributed by atoms with Gasteiger partial charge in [0, 0.05) is 0 Å². The molecule has 0 saturated heterocycles. The fourth-order valence-electron chi connectivity index (χ4n) is 0.911. The Morgan fingerprint density at radius 1 is 1.13 bits per heavy atom. The summed E-state index contributed by atoms with van der Waals surface area (Å²) in [6.45, 7) is 7.56. The van der Waals surface area contributed by atoms with E-state index >= 15 is 0 Å². The van der Waals surface area contributed by atoms with Gasteiger partial charge in [-0.25, -0.2) is 9.59 Å². The molecule has 86 valence electrons. The van der Waals surface area contributed by atoms with E-state index in [1.807, 2.05) is 0 Å². The molecule has 0 aliphatic heterocycles. The quantitative estimate of drug-likeness (QED) is 0.554. The summed E-state index contributed by atoms with van der Waals surface area (Å²) in [5.41, 5.74) is -2.81. The maximum Gasteiger partial charge on any atom is 0.506 e. The molecule has 6 heteroatoms. The van der Waals surface area contributed by atoms with Gasteiger partial charge in [0.25, 0.3) is 0 Å². The Balaban J connectivity index is 4.98. The fraction of sp³-hybridized carbons (Fsp3) is 0.556. The van der Waals surface area contributed by atoms with Crippen molar-refractivity contribution in [3.05, 3.63) is 12.7 Å². The monoisotopic (exact) mass is 218 g/mol. The Morgan fingerprint density at radius 3 is 1.80 bits per heavy atom. The van der Waals surface area contributed by atoms with Crippen molar-refractivity contribution in [1.82, 2.24) is 0 Å². The lowest BCUT2D eigenvalue weighted by Gasteiger charge is -2.38. The Hall–Kier alpha value is -1.72. The third kappa shape index (κ3) is 3.16. The van der Waals surface area contributed by atoms with Gasteiger partial charge in [-0.2, -0.15) is 0 Å². The zero-order valence-electron chi connectivity index (χ0n) is 8.81. The van der Waals surface area contributed by atoms with E-state index < -0.39 is 23.5 Å². The number of ether oxygens (including phenoxy) is 2. The lowest BCUT2D eigenvalue weighted by molar-refractivity contribution is -0.119. The number of hydrogen-bond acceptors (Lipinski definition) is 4. The highest BCUT2D eigenvalue weighted by Crippen LogP contribution is 2.30. The molecule has 0 aromatic carbocycles. The Morgan fingerprint density at radius 2 is 1.53 bits per heavy atom. The van der Waals surface area contributed by atoms with Crippen molar-refractivity contribution in [2.45, 2.75) is 32.0 Å². The second-order valence-electron chi connectivity index (χ2n) is 3.56. The molecule has 0 aliphatic carbocycles. The van der Waals surface area contributed by atoms with Gasteiger partial charge in [0.15, 0.2) is 11.2 Å². The molecule has 0 saturated carbocycles. The van der Waals surface area contributed by atoms with Crippen LogP contribution >= 0.6 is 0 Å². The van der Waals surface area contributed by atoms with Crippen molar-refractivity contribution in [2.75, 3.05) is 0 Å². The van der Waals surface area contributed by atoms with Crippen LogP contribution in [-0.2, 0) is 9.47 Å². The van der Waals surface area contributed by atoms with E-state index in [9.17, 15) is 9.59 Å². The summed E-state index contributed by atoms with van der Waals surface area (Å²) in [7, 11) is 0. The van der Waals surface area contributed by atoms with Crippen LogP contribution in [0.4, 0.5) is 9.59 Å². The van der Waals surface area contributed by atoms with E-state index in [1.165, 1.54) is 26.8 Å². The minimum absolute atomic E-state index is 1.18. The van der Waals surface area contributed by atoms with Crippen molar-refractivity contribution in [1.29, 1.82) is 0 Å². The lowest BCUT2D eigenvalue weighted by Crippen LogP contribution is -2.51. The molecular weight excluding hydrogens is 204 g/mol. The SMILES string of the molecule is C=CC(C)(OC(=O)O)C(C)(C)OC(=O)O. The first-order valence-electron chi connectivity index (χ1n) is 4.12. The van der Waals surface area contributed by atoms with Crippen molar-refractivity contribution in [3.63, 3.8) is 0 Å². The maximum atomic E-state index is 10.4. The molecular formula is C9H14O6. The third-order valence-electron chi connectivity index (χ3n) is 2.23. The molecule has 0 amide bonds. The topological polar surface area (TPSA) is 93.1 Å². The van der Waals surface area contributed by atoms with Crippen molar-refractivity contribution in [2.24, 2.45) is 0 Å². The van der Waals surface area contributed by atoms with Gasteiger partial charge in [-0.15, -0.1) is 0 Å². The van der Waals surface area contributed by atoms with Crippen molar-refractivity contribution >= 4 is 12.3 Å². The van der Waals surface area contributed by atoms with Gasteiger partial charge in [-0.1, -0.05) is 6.58 Å². The minimum Gasteiger partial charge on any atom is -0.450 e. The molecule has 0 spiro atoms. The van der Waals surface area contributed by atoms with E-state index in [2.05, 4.69) is 16.1 Å². The van der Waals surface area contributed by atoms with Crippen LogP contribution in [0, 0.1) is 0 Å². The summed E-state index contributed by atoms with van der Waals surface area (Å²) in [5, 5.41) is 17.0. The second-order valence-corrected chi connectivity index (χ2v) is 3.56. The van der Waals surface area contributed by atoms with Crippen molar-refractivity contribution in [3.8, 4) is 0 Å². The van der Waals surface area contributed by atoms with Crippen molar-refractivity contribution < 1.29 is 29.3 Å². The average Bonchev–Trinajstić information content (AvgIpc) is 2.00. The van der Waals surface area contributed by atoms with Gasteiger partial charge in [0.1, 0.15) is 0 Å². The van der Waals surface area contributed by atoms with Gasteiger partial charge < -0.3 is 19.7 Å². The first kappa shape index (κ1) is 13.3. The molecule has 1 atom stereocenters. The van der Waals surface area contributed by atoms with E-state index in [-0.39, 0.29) is 0 Å². The van der Waals surface area contributed by atoms with Gasteiger partial charge in [0.2, 0.25) is 0 Å². The fourth-order valence-corrected chi connectivity index (χ4v) is 0.911. The molecule has 0 aromatic rings. The minimum atomic E-state index is -1.53. The van der Waals surface area contributed by atoms with E-state index in [1.54, 1.807) is 0 Å². The molecule has 0 bridgehead atoms. The summed E-state index contributed by atoms with van der Waals surface area (Å²) < 4.78 is 9.11. The number of carbonyl (C=O) groups is 2. The summed E-state index contributed by atoms with van der Waals surface area (Å²) >= 11 is 0. The first-order valence-corrected chi connectivity index (χ1v) is 4.12. The van der Waals surface area contributed by atoms with Gasteiger partial charge in [-0.3, -0.25) is 0 Å². The summed E-state index contributed by atoms with van der Waals surface area (Å²) in [4.78, 5) is 20.8. The van der Waals surface area contributed by atoms with Crippen LogP contribution in [-0.4, -0.2) is 33.7 Å². The predicted octanol–water partition coefficient (Wildman–Crippen LogP) is 2.10. The standard InChI is InChI=1S/C9H14O6/c1-5-9(4,15-7(12)13)8(2,3)14-6(10)11/h5H,1H2,2-4H3,(H,10,11)(H,12,13). The van der Waals surface area contributed by atoms with Crippen LogP contribution in [0.3, 0.4) is 0 Å². The highest BCUT2D eigenvalue weighted by molar-refractivity contribution is 5.60. The lowest BCUT2D eigenvalue weighted by atomic mass is 9.87. The zero-order chi connectivity index (χ0) is 12.3. The average molecular weight is 218 g/mol. The molecule has 0 radical (unpaired) electrons. The molecule has 15 heavy (non-hydrogen) atoms. The predicted molar refractivity (Wildman–Crippen MR) is 50.9 cm³/mol. The summed E-state index contributed by atoms with van der Waals surface area (Å²) in [6.07, 6.45) is -1.86. The molecule has 0 aliphatic rings. The van der Waals surface area contributed by atoms with Gasteiger partial charge in [-0.05, 0) is 26.8 Å². The Labute approximate surface area is 87.1 Å². The highest BCUT2D eigenvalue weighted by atomic mass is 16.7. The van der Waals surface area contributed by atoms with Crippen LogP contribution in [0.5, 0.6) is 0 Å². The van der Waals surface area contributed by atoms with E-state index in [4.69, 9.17) is 10.2 Å². The first-order chi connectivity index (χ1) is 6.64. The molecule has 0 fully saturated rings. The Kier molecular flexibility index (Phi) is 3.72. The normalized spacial score (nSPS) is 14.9. The van der Waals surface area contributed by atoms with Crippen LogP contribution < -0.4 is 0 Å². The summed E-state index contributed by atoms with van der Waals surface area (Å²) in [6, 6.07) is 0. The Bertz CT molecular complexity index is 282. The smallest absolute Gasteiger partial charge is 0.450 e. The zero-order valence-corrected chi connectivity index (χ0v) is 8.81. The molecule has 2 N–H and O–H groups in total. The number of rotatable bonds is 4. The van der Waals surface area contributed by atoms with Crippen LogP contribution in [0.25, 0.3) is 0 Å². The summed E-state index contributed by atoms with van der Waals surface area (Å²) in [5.74, 6) is 0. The number of carboxylic acid groups (broad SMARTS) is 2. The third-order valence-corrected chi connectivity index (χ3v) is 2.23. The molecule has 1 unspecified atom stereocenters. The van der Waals surface area contributed by atoms with Gasteiger partial charge >= 0.3 is 12.3 Å². The maximum absolute atomic E-state index is 10.4. The largest absolute Gasteiger partial charge is 0.506 e. The van der Waals surface area contributed by atoms with Crippen LogP contribution in [0.15, 0.2) is 12.7 Å². The highest BCUT2D eigenvalue weighted by Gasteiger charge is 2.46. The van der Waals surface area contributed by atoms with Crippen LogP contribution in [0.1, 0.15) is 20.8 Å². The molecule has 0 aromatic heterocycles.